The van der Waals surface area contributed by atoms with Gasteiger partial charge in [0, 0.05) is 11.0 Å². The highest BCUT2D eigenvalue weighted by molar-refractivity contribution is 7.14. The Bertz CT molecular complexity index is 790. The zero-order valence-electron chi connectivity index (χ0n) is 13.7. The summed E-state index contributed by atoms with van der Waals surface area (Å²) in [4.78, 5) is 25.8. The Morgan fingerprint density at radius 2 is 1.92 bits per heavy atom. The molecule has 0 saturated heterocycles. The summed E-state index contributed by atoms with van der Waals surface area (Å²) >= 11 is 1.50. The van der Waals surface area contributed by atoms with Gasteiger partial charge in [0.2, 0.25) is 0 Å². The number of carbonyl (C=O) groups is 2. The second-order valence-electron chi connectivity index (χ2n) is 5.95. The summed E-state index contributed by atoms with van der Waals surface area (Å²) in [6, 6.07) is 7.83. The second-order valence-corrected chi connectivity index (χ2v) is 7.09. The number of halogens is 1. The zero-order valence-corrected chi connectivity index (χ0v) is 14.5. The maximum atomic E-state index is 13.1. The van der Waals surface area contributed by atoms with Crippen LogP contribution in [0.3, 0.4) is 0 Å². The normalized spacial score (nSPS) is 14.0. The first-order valence-electron chi connectivity index (χ1n) is 8.27. The Morgan fingerprint density at radius 3 is 2.76 bits per heavy atom. The minimum atomic E-state index is -0.476. The van der Waals surface area contributed by atoms with Crippen molar-refractivity contribution in [2.45, 2.75) is 32.1 Å². The Morgan fingerprint density at radius 1 is 1.08 bits per heavy atom. The van der Waals surface area contributed by atoms with Gasteiger partial charge in [-0.15, -0.1) is 11.3 Å². The van der Waals surface area contributed by atoms with Gasteiger partial charge in [-0.3, -0.25) is 20.4 Å². The van der Waals surface area contributed by atoms with Gasteiger partial charge in [0.1, 0.15) is 5.82 Å². The van der Waals surface area contributed by atoms with E-state index in [1.807, 2.05) is 6.07 Å². The molecule has 25 heavy (non-hydrogen) atoms. The molecule has 2 aromatic rings. The summed E-state index contributed by atoms with van der Waals surface area (Å²) < 4.78 is 13.1. The zero-order chi connectivity index (χ0) is 17.6. The molecule has 1 heterocycles. The molecule has 0 bridgehead atoms. The number of rotatable bonds is 3. The quantitative estimate of drug-likeness (QED) is 0.500. The first kappa shape index (κ1) is 17.4. The van der Waals surface area contributed by atoms with E-state index in [2.05, 4.69) is 10.9 Å². The van der Waals surface area contributed by atoms with Crippen LogP contribution in [0.25, 0.3) is 6.08 Å². The lowest BCUT2D eigenvalue weighted by Gasteiger charge is -2.03. The summed E-state index contributed by atoms with van der Waals surface area (Å²) in [5, 5.41) is 0. The van der Waals surface area contributed by atoms with Gasteiger partial charge in [-0.2, -0.15) is 0 Å². The molecule has 0 unspecified atom stereocenters. The Kier molecular flexibility index (Phi) is 5.60. The molecule has 3 rings (SSSR count). The standard InChI is InChI=1S/C19H19FN2O2S/c20-15-7-4-5-13(11-15)9-10-18(23)21-22-19(24)17-12-14-6-2-1-3-8-16(14)25-17/h4-5,7,9-12H,1-3,6,8H2,(H,21,23)(H,22,24)/b10-9+. The highest BCUT2D eigenvalue weighted by atomic mass is 32.1. The number of benzene rings is 1. The molecule has 1 aromatic heterocycles. The van der Waals surface area contributed by atoms with E-state index in [4.69, 9.17) is 0 Å². The van der Waals surface area contributed by atoms with Crippen molar-refractivity contribution in [2.24, 2.45) is 0 Å². The van der Waals surface area contributed by atoms with Gasteiger partial charge in [-0.05, 0) is 61.1 Å². The number of carbonyl (C=O) groups excluding carboxylic acids is 2. The highest BCUT2D eigenvalue weighted by Crippen LogP contribution is 2.28. The van der Waals surface area contributed by atoms with Gasteiger partial charge in [0.25, 0.3) is 11.8 Å². The van der Waals surface area contributed by atoms with E-state index < -0.39 is 5.91 Å². The largest absolute Gasteiger partial charge is 0.279 e. The lowest BCUT2D eigenvalue weighted by molar-refractivity contribution is -0.117. The molecule has 4 nitrogen and oxygen atoms in total. The second kappa shape index (κ2) is 8.07. The molecule has 0 fully saturated rings. The molecule has 0 atom stereocenters. The van der Waals surface area contributed by atoms with Gasteiger partial charge >= 0.3 is 0 Å². The Balaban J connectivity index is 1.54. The molecular formula is C19H19FN2O2S. The number of amides is 2. The molecule has 2 amide bonds. The van der Waals surface area contributed by atoms with E-state index in [1.54, 1.807) is 12.1 Å². The van der Waals surface area contributed by atoms with Crippen LogP contribution in [0.2, 0.25) is 0 Å². The molecule has 6 heteroatoms. The van der Waals surface area contributed by atoms with Crippen molar-refractivity contribution < 1.29 is 14.0 Å². The predicted molar refractivity (Wildman–Crippen MR) is 96.6 cm³/mol. The summed E-state index contributed by atoms with van der Waals surface area (Å²) in [6.07, 6.45) is 8.33. The van der Waals surface area contributed by atoms with E-state index in [0.717, 1.165) is 25.7 Å². The number of hydrazine groups is 1. The Hall–Kier alpha value is -2.47. The number of thiophene rings is 1. The molecule has 0 saturated carbocycles. The van der Waals surface area contributed by atoms with Crippen LogP contribution in [-0.2, 0) is 17.6 Å². The molecule has 1 aliphatic rings. The van der Waals surface area contributed by atoms with Crippen molar-refractivity contribution in [2.75, 3.05) is 0 Å². The molecule has 130 valence electrons. The fourth-order valence-corrected chi connectivity index (χ4v) is 3.93. The van der Waals surface area contributed by atoms with Crippen molar-refractivity contribution in [3.63, 3.8) is 0 Å². The van der Waals surface area contributed by atoms with Crippen molar-refractivity contribution in [1.29, 1.82) is 0 Å². The van der Waals surface area contributed by atoms with Crippen LogP contribution in [0.4, 0.5) is 4.39 Å². The first-order chi connectivity index (χ1) is 12.1. The summed E-state index contributed by atoms with van der Waals surface area (Å²) in [5.41, 5.74) is 6.59. The lowest BCUT2D eigenvalue weighted by atomic mass is 10.1. The van der Waals surface area contributed by atoms with Crippen LogP contribution in [0.5, 0.6) is 0 Å². The lowest BCUT2D eigenvalue weighted by Crippen LogP contribution is -2.40. The van der Waals surface area contributed by atoms with E-state index in [1.165, 1.54) is 52.5 Å². The number of nitrogens with one attached hydrogen (secondary N) is 2. The third-order valence-electron chi connectivity index (χ3n) is 4.05. The SMILES string of the molecule is O=C(/C=C/c1cccc(F)c1)NNC(=O)c1cc2c(s1)CCCCC2. The molecule has 0 aliphatic heterocycles. The van der Waals surface area contributed by atoms with Crippen LogP contribution in [0.15, 0.2) is 36.4 Å². The van der Waals surface area contributed by atoms with Gasteiger partial charge < -0.3 is 0 Å². The van der Waals surface area contributed by atoms with Gasteiger partial charge in [-0.1, -0.05) is 18.6 Å². The van der Waals surface area contributed by atoms with Crippen LogP contribution < -0.4 is 10.9 Å². The maximum Gasteiger partial charge on any atom is 0.279 e. The Labute approximate surface area is 149 Å². The fourth-order valence-electron chi connectivity index (χ4n) is 2.78. The van der Waals surface area contributed by atoms with Crippen LogP contribution in [0.1, 0.15) is 44.9 Å². The maximum absolute atomic E-state index is 13.1. The molecular weight excluding hydrogens is 339 g/mol. The fraction of sp³-hybridized carbons (Fsp3) is 0.263. The average Bonchev–Trinajstić information content (AvgIpc) is 2.89. The molecule has 0 radical (unpaired) electrons. The van der Waals surface area contributed by atoms with Crippen LogP contribution in [0, 0.1) is 5.82 Å². The number of fused-ring (bicyclic) bond motifs is 1. The number of aryl methyl sites for hydroxylation is 2. The van der Waals surface area contributed by atoms with E-state index in [9.17, 15) is 14.0 Å². The summed E-state index contributed by atoms with van der Waals surface area (Å²) in [6.45, 7) is 0. The number of hydrogen-bond donors (Lipinski definition) is 2. The van der Waals surface area contributed by atoms with Crippen molar-refractivity contribution in [3.8, 4) is 0 Å². The summed E-state index contributed by atoms with van der Waals surface area (Å²) in [7, 11) is 0. The van der Waals surface area contributed by atoms with Gasteiger partial charge in [-0.25, -0.2) is 4.39 Å². The van der Waals surface area contributed by atoms with E-state index >= 15 is 0 Å². The molecule has 1 aromatic carbocycles. The van der Waals surface area contributed by atoms with Crippen molar-refractivity contribution in [3.05, 3.63) is 63.1 Å². The smallest absolute Gasteiger partial charge is 0.268 e. The molecule has 0 spiro atoms. The summed E-state index contributed by atoms with van der Waals surface area (Å²) in [5.74, 6) is -1.16. The third kappa shape index (κ3) is 4.76. The minimum Gasteiger partial charge on any atom is -0.268 e. The van der Waals surface area contributed by atoms with Gasteiger partial charge in [0.05, 0.1) is 4.88 Å². The van der Waals surface area contributed by atoms with Crippen LogP contribution in [-0.4, -0.2) is 11.8 Å². The average molecular weight is 358 g/mol. The first-order valence-corrected chi connectivity index (χ1v) is 9.09. The highest BCUT2D eigenvalue weighted by Gasteiger charge is 2.16. The van der Waals surface area contributed by atoms with E-state index in [-0.39, 0.29) is 11.7 Å². The molecule has 1 aliphatic carbocycles. The third-order valence-corrected chi connectivity index (χ3v) is 5.28. The predicted octanol–water partition coefficient (Wildman–Crippen LogP) is 3.63. The minimum absolute atomic E-state index is 0.314. The topological polar surface area (TPSA) is 58.2 Å². The van der Waals surface area contributed by atoms with Crippen molar-refractivity contribution >= 4 is 29.2 Å². The molecule has 2 N–H and O–H groups in total. The van der Waals surface area contributed by atoms with E-state index in [0.29, 0.717) is 10.4 Å². The van der Waals surface area contributed by atoms with Crippen molar-refractivity contribution in [1.82, 2.24) is 10.9 Å². The van der Waals surface area contributed by atoms with Gasteiger partial charge in [0.15, 0.2) is 0 Å². The van der Waals surface area contributed by atoms with Crippen LogP contribution >= 0.6 is 11.3 Å². The number of hydrogen-bond acceptors (Lipinski definition) is 3. The monoisotopic (exact) mass is 358 g/mol.